The van der Waals surface area contributed by atoms with Crippen molar-refractivity contribution >= 4 is 19.8 Å². The summed E-state index contributed by atoms with van der Waals surface area (Å²) in [7, 11) is -4.78. The number of carbonyl (C=O) groups excluding carboxylic acids is 2. The number of allylic oxidation sites excluding steroid dienone is 14. The minimum Gasteiger partial charge on any atom is -0.462 e. The van der Waals surface area contributed by atoms with Gasteiger partial charge in [0.15, 0.2) is 6.10 Å². The van der Waals surface area contributed by atoms with Gasteiger partial charge in [0, 0.05) is 12.8 Å². The Labute approximate surface area is 316 Å². The van der Waals surface area contributed by atoms with Gasteiger partial charge in [0.25, 0.3) is 0 Å². The van der Waals surface area contributed by atoms with Gasteiger partial charge in [0.2, 0.25) is 0 Å². The van der Waals surface area contributed by atoms with E-state index in [-0.39, 0.29) is 19.4 Å². The van der Waals surface area contributed by atoms with Gasteiger partial charge >= 0.3 is 19.8 Å². The Morgan fingerprint density at radius 1 is 0.519 bits per heavy atom. The first-order chi connectivity index (χ1) is 25.3. The van der Waals surface area contributed by atoms with Crippen LogP contribution in [-0.2, 0) is 28.2 Å². The molecule has 0 spiro atoms. The quantitative estimate of drug-likeness (QED) is 0.0285. The van der Waals surface area contributed by atoms with Crippen molar-refractivity contribution in [2.75, 3.05) is 13.2 Å². The van der Waals surface area contributed by atoms with Crippen LogP contribution in [0, 0.1) is 0 Å². The molecule has 52 heavy (non-hydrogen) atoms. The van der Waals surface area contributed by atoms with E-state index >= 15 is 0 Å². The zero-order valence-electron chi connectivity index (χ0n) is 32.4. The van der Waals surface area contributed by atoms with Crippen LogP contribution >= 0.6 is 7.82 Å². The molecule has 0 aliphatic rings. The van der Waals surface area contributed by atoms with Crippen LogP contribution in [0.4, 0.5) is 0 Å². The summed E-state index contributed by atoms with van der Waals surface area (Å²) >= 11 is 0. The van der Waals surface area contributed by atoms with Gasteiger partial charge in [-0.15, -0.1) is 0 Å². The fraction of sp³-hybridized carbons (Fsp3) is 0.628. The summed E-state index contributed by atoms with van der Waals surface area (Å²) in [4.78, 5) is 42.7. The molecule has 0 heterocycles. The highest BCUT2D eigenvalue weighted by atomic mass is 31.2. The van der Waals surface area contributed by atoms with Crippen LogP contribution in [0.2, 0.25) is 0 Å². The molecule has 0 saturated carbocycles. The van der Waals surface area contributed by atoms with Crippen molar-refractivity contribution in [3.63, 3.8) is 0 Å². The summed E-state index contributed by atoms with van der Waals surface area (Å²) in [6, 6.07) is 0. The van der Waals surface area contributed by atoms with Crippen LogP contribution in [0.15, 0.2) is 85.1 Å². The van der Waals surface area contributed by atoms with E-state index in [4.69, 9.17) is 19.3 Å². The maximum atomic E-state index is 12.4. The lowest BCUT2D eigenvalue weighted by molar-refractivity contribution is -0.161. The molecule has 0 amide bonds. The molecular weight excluding hydrogens is 675 g/mol. The molecule has 1 atom stereocenters. The molecule has 0 aliphatic heterocycles. The monoisotopic (exact) mass is 746 g/mol. The lowest BCUT2D eigenvalue weighted by Crippen LogP contribution is -2.29. The van der Waals surface area contributed by atoms with Crippen LogP contribution in [-0.4, -0.2) is 41.0 Å². The molecule has 0 aromatic rings. The smallest absolute Gasteiger partial charge is 0.462 e. The Morgan fingerprint density at radius 2 is 0.962 bits per heavy atom. The van der Waals surface area contributed by atoms with E-state index in [1.165, 1.54) is 57.8 Å². The Kier molecular flexibility index (Phi) is 35.9. The number of rotatable bonds is 35. The Bertz CT molecular complexity index is 1110. The Balaban J connectivity index is 4.12. The highest BCUT2D eigenvalue weighted by Crippen LogP contribution is 2.36. The molecule has 0 aromatic heterocycles. The maximum absolute atomic E-state index is 12.4. The predicted octanol–water partition coefficient (Wildman–Crippen LogP) is 12.1. The molecule has 8 nitrogen and oxygen atoms in total. The third kappa shape index (κ3) is 40.0. The number of esters is 2. The molecule has 296 valence electrons. The van der Waals surface area contributed by atoms with Crippen molar-refractivity contribution in [2.45, 2.75) is 161 Å². The summed E-state index contributed by atoms with van der Waals surface area (Å²) in [6.07, 6.45) is 50.3. The molecular formula is C43H71O8P. The van der Waals surface area contributed by atoms with Gasteiger partial charge in [-0.05, 0) is 77.0 Å². The van der Waals surface area contributed by atoms with Gasteiger partial charge in [0.05, 0.1) is 6.61 Å². The third-order valence-electron chi connectivity index (χ3n) is 7.91. The van der Waals surface area contributed by atoms with E-state index in [1.54, 1.807) is 0 Å². The largest absolute Gasteiger partial charge is 0.469 e. The number of phosphoric ester groups is 1. The first-order valence-electron chi connectivity index (χ1n) is 19.9. The number of carbonyl (C=O) groups is 2. The average Bonchev–Trinajstić information content (AvgIpc) is 3.11. The van der Waals surface area contributed by atoms with E-state index in [9.17, 15) is 14.2 Å². The molecule has 0 saturated heterocycles. The second-order valence-corrected chi connectivity index (χ2v) is 14.1. The maximum Gasteiger partial charge on any atom is 0.469 e. The second kappa shape index (κ2) is 38.0. The number of unbranched alkanes of at least 4 members (excludes halogenated alkanes) is 11. The Morgan fingerprint density at radius 3 is 1.46 bits per heavy atom. The number of hydrogen-bond acceptors (Lipinski definition) is 6. The molecule has 9 heteroatoms. The molecule has 0 unspecified atom stereocenters. The zero-order valence-corrected chi connectivity index (χ0v) is 33.3. The molecule has 0 bridgehead atoms. The molecule has 2 N–H and O–H groups in total. The van der Waals surface area contributed by atoms with Gasteiger partial charge in [-0.25, -0.2) is 4.57 Å². The van der Waals surface area contributed by atoms with Crippen molar-refractivity contribution in [3.8, 4) is 0 Å². The standard InChI is InChI=1S/C43H71O8P/c1-3-5-7-9-11-13-15-17-19-20-21-22-24-25-27-29-31-33-35-37-42(44)49-39-41(40-50-52(46,47)48)51-43(45)38-36-34-32-30-28-26-23-18-16-14-12-10-8-6-4-2/h5,7,11,13,17,19,21-22,25,27-28,30-31,33,41H,3-4,6,8-10,12,14-16,18,20,23-24,26,29,32,34-40H2,1-2H3,(H2,46,47,48)/b7-5+,13-11+,19-17+,22-21+,27-25+,30-28+,33-31+/t41-/m1/s1. The van der Waals surface area contributed by atoms with Gasteiger partial charge in [0.1, 0.15) is 6.61 Å². The van der Waals surface area contributed by atoms with Crippen LogP contribution in [0.25, 0.3) is 0 Å². The lowest BCUT2D eigenvalue weighted by atomic mass is 10.1. The van der Waals surface area contributed by atoms with Gasteiger partial charge in [-0.3, -0.25) is 14.1 Å². The van der Waals surface area contributed by atoms with E-state index in [2.05, 4.69) is 91.3 Å². The second-order valence-electron chi connectivity index (χ2n) is 12.9. The van der Waals surface area contributed by atoms with E-state index in [0.29, 0.717) is 12.8 Å². The highest BCUT2D eigenvalue weighted by molar-refractivity contribution is 7.46. The van der Waals surface area contributed by atoms with Gasteiger partial charge in [-0.1, -0.05) is 150 Å². The van der Waals surface area contributed by atoms with Gasteiger partial charge < -0.3 is 19.3 Å². The van der Waals surface area contributed by atoms with Crippen LogP contribution < -0.4 is 0 Å². The molecule has 0 fully saturated rings. The van der Waals surface area contributed by atoms with E-state index in [1.807, 2.05) is 12.2 Å². The predicted molar refractivity (Wildman–Crippen MR) is 216 cm³/mol. The normalized spacial score (nSPS) is 13.4. The van der Waals surface area contributed by atoms with Crippen molar-refractivity contribution in [3.05, 3.63) is 85.1 Å². The highest BCUT2D eigenvalue weighted by Gasteiger charge is 2.22. The number of ether oxygens (including phenoxy) is 2. The number of hydrogen-bond donors (Lipinski definition) is 2. The topological polar surface area (TPSA) is 119 Å². The molecule has 0 radical (unpaired) electrons. The zero-order chi connectivity index (χ0) is 38.2. The summed E-state index contributed by atoms with van der Waals surface area (Å²) < 4.78 is 26.2. The average molecular weight is 747 g/mol. The minimum absolute atomic E-state index is 0.134. The van der Waals surface area contributed by atoms with Crippen LogP contribution in [0.1, 0.15) is 155 Å². The molecule has 0 rings (SSSR count). The fourth-order valence-corrected chi connectivity index (χ4v) is 5.34. The lowest BCUT2D eigenvalue weighted by Gasteiger charge is -2.18. The van der Waals surface area contributed by atoms with Crippen LogP contribution in [0.5, 0.6) is 0 Å². The number of phosphoric acid groups is 1. The van der Waals surface area contributed by atoms with Crippen molar-refractivity contribution in [1.29, 1.82) is 0 Å². The summed E-state index contributed by atoms with van der Waals surface area (Å²) in [5.74, 6) is -1.02. The van der Waals surface area contributed by atoms with Crippen molar-refractivity contribution in [2.24, 2.45) is 0 Å². The first-order valence-corrected chi connectivity index (χ1v) is 21.4. The summed E-state index contributed by atoms with van der Waals surface area (Å²) in [5, 5.41) is 0. The summed E-state index contributed by atoms with van der Waals surface area (Å²) in [5.41, 5.74) is 0. The molecule has 0 aromatic carbocycles. The van der Waals surface area contributed by atoms with Gasteiger partial charge in [-0.2, -0.15) is 0 Å². The van der Waals surface area contributed by atoms with Crippen molar-refractivity contribution < 1.29 is 37.9 Å². The third-order valence-corrected chi connectivity index (χ3v) is 8.40. The Hall–Kier alpha value is -2.77. The van der Waals surface area contributed by atoms with E-state index < -0.39 is 32.5 Å². The van der Waals surface area contributed by atoms with Crippen molar-refractivity contribution in [1.82, 2.24) is 0 Å². The SMILES string of the molecule is CC/C=C/C/C=C/C/C=C/C/C=C/C/C=C/C/C=C/CCC(=O)OC[C@H](COP(=O)(O)O)OC(=O)CCCC/C=C/CCCCCCCCCCC. The fourth-order valence-electron chi connectivity index (χ4n) is 4.98. The van der Waals surface area contributed by atoms with E-state index in [0.717, 1.165) is 57.8 Å². The van der Waals surface area contributed by atoms with Crippen LogP contribution in [0.3, 0.4) is 0 Å². The minimum atomic E-state index is -4.78. The molecule has 0 aliphatic carbocycles. The first kappa shape index (κ1) is 49.2. The summed E-state index contributed by atoms with van der Waals surface area (Å²) in [6.45, 7) is 3.47.